The number of carbonyl (C=O) groups excluding carboxylic acids is 1. The van der Waals surface area contributed by atoms with Crippen LogP contribution in [0.25, 0.3) is 5.95 Å². The molecule has 0 unspecified atom stereocenters. The summed E-state index contributed by atoms with van der Waals surface area (Å²) in [6, 6.07) is 7.55. The summed E-state index contributed by atoms with van der Waals surface area (Å²) in [7, 11) is 0. The van der Waals surface area contributed by atoms with Crippen LogP contribution < -0.4 is 10.1 Å². The van der Waals surface area contributed by atoms with Crippen molar-refractivity contribution in [3.05, 3.63) is 60.2 Å². The van der Waals surface area contributed by atoms with Gasteiger partial charge < -0.3 is 15.0 Å². The zero-order valence-electron chi connectivity index (χ0n) is 14.3. The second-order valence-corrected chi connectivity index (χ2v) is 6.03. The van der Waals surface area contributed by atoms with Crippen LogP contribution in [0.1, 0.15) is 11.1 Å². The monoisotopic (exact) mass is 350 g/mol. The highest BCUT2D eigenvalue weighted by atomic mass is 16.5. The summed E-state index contributed by atoms with van der Waals surface area (Å²) >= 11 is 0. The van der Waals surface area contributed by atoms with Gasteiger partial charge >= 0.3 is 6.03 Å². The van der Waals surface area contributed by atoms with E-state index >= 15 is 0 Å². The first-order valence-corrected chi connectivity index (χ1v) is 8.29. The molecule has 0 saturated carbocycles. The number of ether oxygens (including phenoxy) is 1. The molecule has 0 saturated heterocycles. The summed E-state index contributed by atoms with van der Waals surface area (Å²) in [6.45, 7) is 3.49. The van der Waals surface area contributed by atoms with Gasteiger partial charge in [-0.15, -0.1) is 0 Å². The Kier molecular flexibility index (Phi) is 4.22. The van der Waals surface area contributed by atoms with E-state index < -0.39 is 0 Å². The van der Waals surface area contributed by atoms with E-state index in [4.69, 9.17) is 4.74 Å². The second kappa shape index (κ2) is 6.83. The number of hydrogen-bond acceptors (Lipinski definition) is 5. The van der Waals surface area contributed by atoms with Crippen molar-refractivity contribution in [2.24, 2.45) is 0 Å². The zero-order valence-corrected chi connectivity index (χ0v) is 14.3. The average Bonchev–Trinajstić information content (AvgIpc) is 3.01. The van der Waals surface area contributed by atoms with Crippen molar-refractivity contribution in [2.45, 2.75) is 13.5 Å². The summed E-state index contributed by atoms with van der Waals surface area (Å²) < 4.78 is 7.26. The SMILES string of the molecule is Cc1ccc2c(c1)CN(C(=O)Nc1cnn(-c3ncccn3)c1)CCO2. The maximum Gasteiger partial charge on any atom is 0.322 e. The minimum absolute atomic E-state index is 0.198. The van der Waals surface area contributed by atoms with E-state index in [2.05, 4.69) is 20.4 Å². The molecule has 0 spiro atoms. The fourth-order valence-electron chi connectivity index (χ4n) is 2.81. The number of fused-ring (bicyclic) bond motifs is 1. The van der Waals surface area contributed by atoms with Crippen LogP contribution in [0.3, 0.4) is 0 Å². The van der Waals surface area contributed by atoms with Gasteiger partial charge in [0.25, 0.3) is 0 Å². The normalized spacial score (nSPS) is 13.5. The van der Waals surface area contributed by atoms with Crippen molar-refractivity contribution in [3.8, 4) is 11.7 Å². The van der Waals surface area contributed by atoms with E-state index in [-0.39, 0.29) is 6.03 Å². The van der Waals surface area contributed by atoms with Gasteiger partial charge in [-0.2, -0.15) is 5.10 Å². The first-order valence-electron chi connectivity index (χ1n) is 8.29. The topological polar surface area (TPSA) is 85.2 Å². The van der Waals surface area contributed by atoms with Crippen molar-refractivity contribution in [1.82, 2.24) is 24.6 Å². The van der Waals surface area contributed by atoms with Crippen molar-refractivity contribution in [2.75, 3.05) is 18.5 Å². The van der Waals surface area contributed by atoms with Crippen LogP contribution in [0.2, 0.25) is 0 Å². The summed E-state index contributed by atoms with van der Waals surface area (Å²) in [4.78, 5) is 22.6. The van der Waals surface area contributed by atoms with Gasteiger partial charge in [0.2, 0.25) is 5.95 Å². The predicted octanol–water partition coefficient (Wildman–Crippen LogP) is 2.40. The van der Waals surface area contributed by atoms with Gasteiger partial charge in [-0.25, -0.2) is 19.4 Å². The molecular formula is C18H18N6O2. The van der Waals surface area contributed by atoms with E-state index in [9.17, 15) is 4.79 Å². The quantitative estimate of drug-likeness (QED) is 0.767. The van der Waals surface area contributed by atoms with Gasteiger partial charge in [-0.1, -0.05) is 17.7 Å². The molecule has 2 amide bonds. The summed E-state index contributed by atoms with van der Waals surface area (Å²) in [5.74, 6) is 1.28. The maximum atomic E-state index is 12.7. The molecule has 0 atom stereocenters. The number of nitrogens with one attached hydrogen (secondary N) is 1. The van der Waals surface area contributed by atoms with Crippen LogP contribution in [0.5, 0.6) is 5.75 Å². The molecule has 1 aliphatic rings. The van der Waals surface area contributed by atoms with Crippen molar-refractivity contribution >= 4 is 11.7 Å². The molecule has 8 nitrogen and oxygen atoms in total. The van der Waals surface area contributed by atoms with Gasteiger partial charge in [0.1, 0.15) is 12.4 Å². The standard InChI is InChI=1S/C18H18N6O2/c1-13-3-4-16-14(9-13)11-23(7-8-26-16)18(25)22-15-10-21-24(12-15)17-19-5-2-6-20-17/h2-6,9-10,12H,7-8,11H2,1H3,(H,22,25). The fourth-order valence-corrected chi connectivity index (χ4v) is 2.81. The number of nitrogens with zero attached hydrogens (tertiary/aromatic N) is 5. The molecule has 2 aromatic heterocycles. The Bertz CT molecular complexity index is 924. The van der Waals surface area contributed by atoms with Crippen LogP contribution in [0, 0.1) is 6.92 Å². The molecule has 1 aliphatic heterocycles. The Balaban J connectivity index is 1.47. The first kappa shape index (κ1) is 16.1. The van der Waals surface area contributed by atoms with Gasteiger partial charge in [0, 0.05) is 18.0 Å². The van der Waals surface area contributed by atoms with Crippen LogP contribution in [0.4, 0.5) is 10.5 Å². The van der Waals surface area contributed by atoms with Gasteiger partial charge in [-0.05, 0) is 19.1 Å². The highest BCUT2D eigenvalue weighted by Crippen LogP contribution is 2.24. The lowest BCUT2D eigenvalue weighted by atomic mass is 10.1. The lowest BCUT2D eigenvalue weighted by Gasteiger charge is -2.19. The lowest BCUT2D eigenvalue weighted by Crippen LogP contribution is -2.35. The van der Waals surface area contributed by atoms with Crippen LogP contribution >= 0.6 is 0 Å². The smallest absolute Gasteiger partial charge is 0.322 e. The number of aryl methyl sites for hydroxylation is 1. The Morgan fingerprint density at radius 3 is 2.96 bits per heavy atom. The molecule has 26 heavy (non-hydrogen) atoms. The second-order valence-electron chi connectivity index (χ2n) is 6.03. The molecular weight excluding hydrogens is 332 g/mol. The molecule has 4 rings (SSSR count). The largest absolute Gasteiger partial charge is 0.491 e. The molecule has 0 aliphatic carbocycles. The van der Waals surface area contributed by atoms with E-state index in [1.165, 1.54) is 4.68 Å². The Hall–Kier alpha value is -3.42. The molecule has 8 heteroatoms. The number of aromatic nitrogens is 4. The average molecular weight is 350 g/mol. The molecule has 132 valence electrons. The maximum absolute atomic E-state index is 12.7. The van der Waals surface area contributed by atoms with Crippen molar-refractivity contribution in [3.63, 3.8) is 0 Å². The van der Waals surface area contributed by atoms with E-state index in [1.807, 2.05) is 25.1 Å². The third kappa shape index (κ3) is 3.34. The van der Waals surface area contributed by atoms with Crippen molar-refractivity contribution < 1.29 is 9.53 Å². The molecule has 0 fully saturated rings. The molecule has 0 radical (unpaired) electrons. The number of benzene rings is 1. The zero-order chi connectivity index (χ0) is 17.9. The third-order valence-corrected chi connectivity index (χ3v) is 4.07. The summed E-state index contributed by atoms with van der Waals surface area (Å²) in [5, 5.41) is 7.05. The summed E-state index contributed by atoms with van der Waals surface area (Å²) in [5.41, 5.74) is 2.72. The molecule has 1 aromatic carbocycles. The van der Waals surface area contributed by atoms with Crippen LogP contribution in [-0.2, 0) is 6.54 Å². The number of rotatable bonds is 2. The highest BCUT2D eigenvalue weighted by molar-refractivity contribution is 5.89. The molecule has 3 aromatic rings. The van der Waals surface area contributed by atoms with Crippen LogP contribution in [0.15, 0.2) is 49.1 Å². The number of amides is 2. The molecule has 3 heterocycles. The van der Waals surface area contributed by atoms with E-state index in [0.717, 1.165) is 16.9 Å². The van der Waals surface area contributed by atoms with Crippen LogP contribution in [-0.4, -0.2) is 43.8 Å². The fraction of sp³-hybridized carbons (Fsp3) is 0.222. The minimum atomic E-state index is -0.198. The predicted molar refractivity (Wildman–Crippen MR) is 95.3 cm³/mol. The number of carbonyl (C=O) groups is 1. The van der Waals surface area contributed by atoms with Gasteiger partial charge in [0.05, 0.1) is 31.2 Å². The number of anilines is 1. The van der Waals surface area contributed by atoms with Gasteiger partial charge in [-0.3, -0.25) is 0 Å². The first-order chi connectivity index (χ1) is 12.7. The Morgan fingerprint density at radius 2 is 2.12 bits per heavy atom. The number of urea groups is 1. The van der Waals surface area contributed by atoms with E-state index in [0.29, 0.717) is 31.3 Å². The van der Waals surface area contributed by atoms with E-state index in [1.54, 1.807) is 35.8 Å². The van der Waals surface area contributed by atoms with Crippen molar-refractivity contribution in [1.29, 1.82) is 0 Å². The Morgan fingerprint density at radius 1 is 1.27 bits per heavy atom. The molecule has 0 bridgehead atoms. The Labute approximate surface area is 150 Å². The third-order valence-electron chi connectivity index (χ3n) is 4.07. The minimum Gasteiger partial charge on any atom is -0.491 e. The number of hydrogen-bond donors (Lipinski definition) is 1. The van der Waals surface area contributed by atoms with Gasteiger partial charge in [0.15, 0.2) is 0 Å². The molecule has 1 N–H and O–H groups in total. The lowest BCUT2D eigenvalue weighted by molar-refractivity contribution is 0.200. The highest BCUT2D eigenvalue weighted by Gasteiger charge is 2.20. The summed E-state index contributed by atoms with van der Waals surface area (Å²) in [6.07, 6.45) is 6.53.